The van der Waals surface area contributed by atoms with Crippen molar-refractivity contribution < 1.29 is 14.3 Å². The van der Waals surface area contributed by atoms with Gasteiger partial charge in [-0.15, -0.1) is 0 Å². The Bertz CT molecular complexity index is 515. The Kier molecular flexibility index (Phi) is 4.10. The third-order valence-corrected chi connectivity index (χ3v) is 3.47. The molecular formula is C14H16ClNO3. The third-order valence-electron chi connectivity index (χ3n) is 3.16. The van der Waals surface area contributed by atoms with Crippen LogP contribution in [0.2, 0.25) is 5.02 Å². The Morgan fingerprint density at radius 3 is 2.74 bits per heavy atom. The quantitative estimate of drug-likeness (QED) is 0.864. The molecule has 5 heteroatoms. The summed E-state index contributed by atoms with van der Waals surface area (Å²) in [6, 6.07) is 5.33. The Morgan fingerprint density at radius 1 is 1.47 bits per heavy atom. The molecule has 2 atom stereocenters. The van der Waals surface area contributed by atoms with E-state index in [1.807, 2.05) is 19.9 Å². The van der Waals surface area contributed by atoms with Crippen LogP contribution in [0.4, 0.5) is 5.69 Å². The summed E-state index contributed by atoms with van der Waals surface area (Å²) < 4.78 is 4.94. The van der Waals surface area contributed by atoms with Crippen molar-refractivity contribution in [2.75, 3.05) is 11.9 Å². The van der Waals surface area contributed by atoms with Crippen molar-refractivity contribution in [2.45, 2.75) is 20.3 Å². The van der Waals surface area contributed by atoms with Crippen LogP contribution in [0.15, 0.2) is 18.2 Å². The number of halogens is 1. The molecule has 1 N–H and O–H groups in total. The van der Waals surface area contributed by atoms with Crippen molar-refractivity contribution in [1.29, 1.82) is 0 Å². The Labute approximate surface area is 117 Å². The molecule has 2 rings (SSSR count). The molecule has 4 nitrogen and oxygen atoms in total. The topological polar surface area (TPSA) is 55.4 Å². The van der Waals surface area contributed by atoms with Gasteiger partial charge in [-0.2, -0.15) is 0 Å². The number of nitrogens with one attached hydrogen (secondary N) is 1. The minimum atomic E-state index is -0.382. The lowest BCUT2D eigenvalue weighted by atomic mass is 10.2. The molecule has 0 saturated heterocycles. The fourth-order valence-corrected chi connectivity index (χ4v) is 2.08. The van der Waals surface area contributed by atoms with Gasteiger partial charge in [0.15, 0.2) is 6.61 Å². The van der Waals surface area contributed by atoms with Crippen LogP contribution in [0.1, 0.15) is 18.9 Å². The van der Waals surface area contributed by atoms with Gasteiger partial charge in [0.05, 0.1) is 16.6 Å². The number of hydrogen-bond donors (Lipinski definition) is 1. The van der Waals surface area contributed by atoms with Gasteiger partial charge in [-0.3, -0.25) is 9.59 Å². The maximum absolute atomic E-state index is 11.6. The van der Waals surface area contributed by atoms with E-state index in [0.29, 0.717) is 16.6 Å². The zero-order valence-corrected chi connectivity index (χ0v) is 11.7. The van der Waals surface area contributed by atoms with Crippen molar-refractivity contribution in [3.8, 4) is 0 Å². The van der Waals surface area contributed by atoms with E-state index in [9.17, 15) is 9.59 Å². The summed E-state index contributed by atoms with van der Waals surface area (Å²) in [6.07, 6.45) is 0.851. The molecule has 0 bridgehead atoms. The van der Waals surface area contributed by atoms with E-state index in [1.165, 1.54) is 0 Å². The molecule has 0 radical (unpaired) electrons. The van der Waals surface area contributed by atoms with Crippen molar-refractivity contribution >= 4 is 29.2 Å². The molecule has 1 aliphatic rings. The number of ether oxygens (including phenoxy) is 1. The molecule has 1 fully saturated rings. The number of carbonyl (C=O) groups excluding carboxylic acids is 2. The molecule has 0 unspecified atom stereocenters. The lowest BCUT2D eigenvalue weighted by Gasteiger charge is -2.08. The van der Waals surface area contributed by atoms with E-state index in [1.54, 1.807) is 12.1 Å². The zero-order valence-electron chi connectivity index (χ0n) is 10.9. The largest absolute Gasteiger partial charge is 0.455 e. The first-order valence-electron chi connectivity index (χ1n) is 6.20. The van der Waals surface area contributed by atoms with Crippen molar-refractivity contribution in [1.82, 2.24) is 0 Å². The van der Waals surface area contributed by atoms with Crippen molar-refractivity contribution in [2.24, 2.45) is 11.8 Å². The van der Waals surface area contributed by atoms with E-state index in [2.05, 4.69) is 5.32 Å². The van der Waals surface area contributed by atoms with E-state index in [0.717, 1.165) is 12.0 Å². The summed E-state index contributed by atoms with van der Waals surface area (Å²) in [6.45, 7) is 3.63. The second-order valence-electron chi connectivity index (χ2n) is 4.96. The molecular weight excluding hydrogens is 266 g/mol. The Morgan fingerprint density at radius 2 is 2.16 bits per heavy atom. The van der Waals surface area contributed by atoms with Gasteiger partial charge in [0.1, 0.15) is 0 Å². The number of anilines is 1. The average Bonchev–Trinajstić information content (AvgIpc) is 3.07. The molecule has 1 aromatic carbocycles. The summed E-state index contributed by atoms with van der Waals surface area (Å²) >= 11 is 5.99. The molecule has 1 aromatic rings. The minimum Gasteiger partial charge on any atom is -0.455 e. The van der Waals surface area contributed by atoms with Crippen molar-refractivity contribution in [3.63, 3.8) is 0 Å². The van der Waals surface area contributed by atoms with Crippen molar-refractivity contribution in [3.05, 3.63) is 28.8 Å². The molecule has 1 saturated carbocycles. The van der Waals surface area contributed by atoms with Gasteiger partial charge in [0, 0.05) is 0 Å². The van der Waals surface area contributed by atoms with Crippen LogP contribution in [0.3, 0.4) is 0 Å². The summed E-state index contributed by atoms with van der Waals surface area (Å²) in [5.41, 5.74) is 1.53. The average molecular weight is 282 g/mol. The molecule has 1 aliphatic carbocycles. The molecule has 0 spiro atoms. The van der Waals surface area contributed by atoms with E-state index in [-0.39, 0.29) is 24.4 Å². The molecule has 0 heterocycles. The third kappa shape index (κ3) is 3.70. The monoisotopic (exact) mass is 281 g/mol. The summed E-state index contributed by atoms with van der Waals surface area (Å²) in [7, 11) is 0. The van der Waals surface area contributed by atoms with Crippen LogP contribution in [-0.2, 0) is 14.3 Å². The van der Waals surface area contributed by atoms with E-state index < -0.39 is 0 Å². The lowest BCUT2D eigenvalue weighted by Crippen LogP contribution is -2.21. The molecule has 0 aliphatic heterocycles. The highest BCUT2D eigenvalue weighted by molar-refractivity contribution is 6.33. The molecule has 102 valence electrons. The Hall–Kier alpha value is -1.55. The van der Waals surface area contributed by atoms with Gasteiger partial charge in [0.25, 0.3) is 5.91 Å². The Balaban J connectivity index is 1.82. The number of amides is 1. The summed E-state index contributed by atoms with van der Waals surface area (Å²) in [4.78, 5) is 23.1. The molecule has 0 aromatic heterocycles. The van der Waals surface area contributed by atoms with Crippen LogP contribution in [0, 0.1) is 18.8 Å². The number of aryl methyl sites for hydroxylation is 1. The summed E-state index contributed by atoms with van der Waals surface area (Å²) in [5.74, 6) is -0.331. The second kappa shape index (κ2) is 5.61. The highest BCUT2D eigenvalue weighted by Gasteiger charge is 2.40. The van der Waals surface area contributed by atoms with Crippen LogP contribution < -0.4 is 5.32 Å². The van der Waals surface area contributed by atoms with E-state index in [4.69, 9.17) is 16.3 Å². The highest BCUT2D eigenvalue weighted by Crippen LogP contribution is 2.38. The number of carbonyl (C=O) groups is 2. The first-order chi connectivity index (χ1) is 8.97. The van der Waals surface area contributed by atoms with Gasteiger partial charge in [-0.25, -0.2) is 0 Å². The number of benzene rings is 1. The highest BCUT2D eigenvalue weighted by atomic mass is 35.5. The fraction of sp³-hybridized carbons (Fsp3) is 0.429. The predicted octanol–water partition coefficient (Wildman–Crippen LogP) is 2.79. The van der Waals surface area contributed by atoms with Crippen LogP contribution in [0.5, 0.6) is 0 Å². The first kappa shape index (κ1) is 13.9. The van der Waals surface area contributed by atoms with Crippen LogP contribution in [-0.4, -0.2) is 18.5 Å². The van der Waals surface area contributed by atoms with Gasteiger partial charge < -0.3 is 10.1 Å². The van der Waals surface area contributed by atoms with Crippen LogP contribution >= 0.6 is 11.6 Å². The molecule has 19 heavy (non-hydrogen) atoms. The number of hydrogen-bond acceptors (Lipinski definition) is 3. The first-order valence-corrected chi connectivity index (χ1v) is 6.58. The van der Waals surface area contributed by atoms with Gasteiger partial charge >= 0.3 is 5.97 Å². The second-order valence-corrected chi connectivity index (χ2v) is 5.37. The SMILES string of the molecule is Cc1ccc(NC(=O)COC(=O)[C@H]2C[C@@H]2C)c(Cl)c1. The maximum atomic E-state index is 11.6. The smallest absolute Gasteiger partial charge is 0.309 e. The summed E-state index contributed by atoms with van der Waals surface area (Å²) in [5, 5.41) is 3.08. The van der Waals surface area contributed by atoms with E-state index >= 15 is 0 Å². The lowest BCUT2D eigenvalue weighted by molar-refractivity contribution is -0.148. The van der Waals surface area contributed by atoms with Gasteiger partial charge in [-0.1, -0.05) is 24.6 Å². The number of rotatable bonds is 4. The maximum Gasteiger partial charge on any atom is 0.309 e. The standard InChI is InChI=1S/C14H16ClNO3/c1-8-3-4-12(11(15)5-8)16-13(17)7-19-14(18)10-6-9(10)2/h3-5,9-10H,6-7H2,1-2H3,(H,16,17)/t9-,10-/m0/s1. The van der Waals surface area contributed by atoms with Gasteiger partial charge in [-0.05, 0) is 37.0 Å². The normalized spacial score (nSPS) is 20.8. The minimum absolute atomic E-state index is 0.0317. The zero-order chi connectivity index (χ0) is 14.0. The molecule has 1 amide bonds. The fourth-order valence-electron chi connectivity index (χ4n) is 1.80. The van der Waals surface area contributed by atoms with Gasteiger partial charge in [0.2, 0.25) is 0 Å². The number of esters is 1. The predicted molar refractivity (Wildman–Crippen MR) is 73.0 cm³/mol. The van der Waals surface area contributed by atoms with Crippen LogP contribution in [0.25, 0.3) is 0 Å².